The van der Waals surface area contributed by atoms with Gasteiger partial charge in [0, 0.05) is 9.26 Å². The van der Waals surface area contributed by atoms with Crippen LogP contribution in [0.4, 0.5) is 5.69 Å². The van der Waals surface area contributed by atoms with Crippen LogP contribution in [-0.2, 0) is 14.3 Å². The summed E-state index contributed by atoms with van der Waals surface area (Å²) in [4.78, 5) is 23.5. The summed E-state index contributed by atoms with van der Waals surface area (Å²) in [5.74, 6) is 4.86. The maximum atomic E-state index is 11.8. The van der Waals surface area contributed by atoms with E-state index in [4.69, 9.17) is 10.6 Å². The predicted octanol–water partition coefficient (Wildman–Crippen LogP) is 0.721. The quantitative estimate of drug-likeness (QED) is 0.463. The highest BCUT2D eigenvalue weighted by atomic mass is 127. The van der Waals surface area contributed by atoms with Crippen molar-refractivity contribution in [3.05, 3.63) is 27.8 Å². The number of nitrogens with zero attached hydrogens (tertiary/aromatic N) is 1. The van der Waals surface area contributed by atoms with E-state index < -0.39 is 6.10 Å². The number of hydrogen-bond donors (Lipinski definition) is 2. The molecule has 19 heavy (non-hydrogen) atoms. The van der Waals surface area contributed by atoms with E-state index in [-0.39, 0.29) is 18.2 Å². The SMILES string of the molecule is NN1CCOC(CC(=O)Nc2ccc(I)cc2)C1=O. The molecule has 1 atom stereocenters. The lowest BCUT2D eigenvalue weighted by Crippen LogP contribution is -2.52. The standard InChI is InChI=1S/C12H14IN3O3/c13-8-1-3-9(4-2-8)15-11(17)7-10-12(18)16(14)5-6-19-10/h1-4,10H,5-7,14H2,(H,15,17). The van der Waals surface area contributed by atoms with Crippen molar-refractivity contribution in [2.24, 2.45) is 5.84 Å². The summed E-state index contributed by atoms with van der Waals surface area (Å²) in [6.07, 6.45) is -0.819. The summed E-state index contributed by atoms with van der Waals surface area (Å²) < 4.78 is 6.34. The van der Waals surface area contributed by atoms with E-state index in [0.29, 0.717) is 18.8 Å². The van der Waals surface area contributed by atoms with E-state index in [0.717, 1.165) is 8.58 Å². The Bertz CT molecular complexity index is 478. The van der Waals surface area contributed by atoms with Crippen molar-refractivity contribution >= 4 is 40.1 Å². The molecule has 1 fully saturated rings. The van der Waals surface area contributed by atoms with Gasteiger partial charge in [-0.1, -0.05) is 0 Å². The van der Waals surface area contributed by atoms with Crippen LogP contribution in [0.1, 0.15) is 6.42 Å². The largest absolute Gasteiger partial charge is 0.366 e. The molecule has 2 amide bonds. The third-order valence-corrected chi connectivity index (χ3v) is 3.43. The minimum atomic E-state index is -0.789. The Balaban J connectivity index is 1.90. The number of carbonyl (C=O) groups is 2. The van der Waals surface area contributed by atoms with E-state index in [1.807, 2.05) is 12.1 Å². The van der Waals surface area contributed by atoms with Crippen molar-refractivity contribution in [2.45, 2.75) is 12.5 Å². The average molecular weight is 375 g/mol. The highest BCUT2D eigenvalue weighted by Gasteiger charge is 2.29. The van der Waals surface area contributed by atoms with Gasteiger partial charge in [0.25, 0.3) is 5.91 Å². The van der Waals surface area contributed by atoms with Gasteiger partial charge in [-0.25, -0.2) is 5.84 Å². The van der Waals surface area contributed by atoms with Gasteiger partial charge in [0.2, 0.25) is 5.91 Å². The average Bonchev–Trinajstić information content (AvgIpc) is 2.38. The van der Waals surface area contributed by atoms with Gasteiger partial charge < -0.3 is 10.1 Å². The number of carbonyl (C=O) groups excluding carboxylic acids is 2. The summed E-state index contributed by atoms with van der Waals surface area (Å²) in [7, 11) is 0. The van der Waals surface area contributed by atoms with Crippen molar-refractivity contribution < 1.29 is 14.3 Å². The zero-order chi connectivity index (χ0) is 13.8. The number of ether oxygens (including phenoxy) is 1. The third kappa shape index (κ3) is 3.88. The minimum absolute atomic E-state index is 0.0292. The Kier molecular flexibility index (Phi) is 4.72. The van der Waals surface area contributed by atoms with Crippen molar-refractivity contribution in [3.63, 3.8) is 0 Å². The minimum Gasteiger partial charge on any atom is -0.366 e. The summed E-state index contributed by atoms with van der Waals surface area (Å²) in [6.45, 7) is 0.706. The number of halogens is 1. The Morgan fingerprint density at radius 3 is 2.84 bits per heavy atom. The molecule has 2 rings (SSSR count). The van der Waals surface area contributed by atoms with Gasteiger partial charge in [-0.2, -0.15) is 0 Å². The van der Waals surface area contributed by atoms with Crippen molar-refractivity contribution in [2.75, 3.05) is 18.5 Å². The highest BCUT2D eigenvalue weighted by Crippen LogP contribution is 2.13. The lowest BCUT2D eigenvalue weighted by Gasteiger charge is -2.28. The molecule has 0 aromatic heterocycles. The molecule has 7 heteroatoms. The maximum absolute atomic E-state index is 11.8. The van der Waals surface area contributed by atoms with Crippen molar-refractivity contribution in [1.82, 2.24) is 5.01 Å². The summed E-state index contributed by atoms with van der Waals surface area (Å²) in [5.41, 5.74) is 0.693. The van der Waals surface area contributed by atoms with Crippen LogP contribution >= 0.6 is 22.6 Å². The summed E-state index contributed by atoms with van der Waals surface area (Å²) >= 11 is 2.18. The highest BCUT2D eigenvalue weighted by molar-refractivity contribution is 14.1. The molecule has 0 saturated carbocycles. The molecule has 1 aromatic rings. The topological polar surface area (TPSA) is 84.7 Å². The molecule has 102 valence electrons. The number of anilines is 1. The second-order valence-corrected chi connectivity index (χ2v) is 5.40. The molecular formula is C12H14IN3O3. The summed E-state index contributed by atoms with van der Waals surface area (Å²) in [5, 5.41) is 3.81. The van der Waals surface area contributed by atoms with Crippen LogP contribution in [0.15, 0.2) is 24.3 Å². The van der Waals surface area contributed by atoms with Gasteiger partial charge in [0.1, 0.15) is 6.10 Å². The van der Waals surface area contributed by atoms with Gasteiger partial charge in [0.15, 0.2) is 0 Å². The second-order valence-electron chi connectivity index (χ2n) is 4.15. The van der Waals surface area contributed by atoms with Crippen LogP contribution in [0.2, 0.25) is 0 Å². The molecule has 1 saturated heterocycles. The molecule has 1 aliphatic rings. The Labute approximate surface area is 124 Å². The fourth-order valence-electron chi connectivity index (χ4n) is 1.72. The fourth-order valence-corrected chi connectivity index (χ4v) is 2.08. The molecule has 6 nitrogen and oxygen atoms in total. The normalized spacial score (nSPS) is 19.4. The zero-order valence-corrected chi connectivity index (χ0v) is 12.3. The van der Waals surface area contributed by atoms with E-state index >= 15 is 0 Å². The molecular weight excluding hydrogens is 361 g/mol. The van der Waals surface area contributed by atoms with E-state index in [9.17, 15) is 9.59 Å². The van der Waals surface area contributed by atoms with Crippen molar-refractivity contribution in [3.8, 4) is 0 Å². The molecule has 1 aromatic carbocycles. The van der Waals surface area contributed by atoms with Gasteiger partial charge in [-0.3, -0.25) is 14.6 Å². The fraction of sp³-hybridized carbons (Fsp3) is 0.333. The molecule has 1 heterocycles. The molecule has 0 spiro atoms. The molecule has 3 N–H and O–H groups in total. The predicted molar refractivity (Wildman–Crippen MR) is 78.0 cm³/mol. The smallest absolute Gasteiger partial charge is 0.266 e. The molecule has 0 bridgehead atoms. The lowest BCUT2D eigenvalue weighted by atomic mass is 10.2. The number of amides is 2. The van der Waals surface area contributed by atoms with E-state index in [2.05, 4.69) is 27.9 Å². The number of benzene rings is 1. The number of hydrazine groups is 1. The summed E-state index contributed by atoms with van der Waals surface area (Å²) in [6, 6.07) is 7.39. The first kappa shape index (κ1) is 14.2. The molecule has 1 unspecified atom stereocenters. The molecule has 0 aliphatic carbocycles. The van der Waals surface area contributed by atoms with Crippen LogP contribution in [0.25, 0.3) is 0 Å². The van der Waals surface area contributed by atoms with E-state index in [1.165, 1.54) is 0 Å². The second kappa shape index (κ2) is 6.31. The monoisotopic (exact) mass is 375 g/mol. The van der Waals surface area contributed by atoms with Crippen molar-refractivity contribution in [1.29, 1.82) is 0 Å². The first-order valence-electron chi connectivity index (χ1n) is 5.79. The number of morpholine rings is 1. The van der Waals surface area contributed by atoms with Crippen LogP contribution < -0.4 is 11.2 Å². The first-order valence-corrected chi connectivity index (χ1v) is 6.87. The number of rotatable bonds is 3. The van der Waals surface area contributed by atoms with Crippen LogP contribution in [0, 0.1) is 3.57 Å². The Morgan fingerprint density at radius 1 is 1.47 bits per heavy atom. The van der Waals surface area contributed by atoms with Crippen LogP contribution in [0.3, 0.4) is 0 Å². The number of nitrogens with two attached hydrogens (primary N) is 1. The van der Waals surface area contributed by atoms with Gasteiger partial charge in [-0.15, -0.1) is 0 Å². The third-order valence-electron chi connectivity index (χ3n) is 2.71. The van der Waals surface area contributed by atoms with Gasteiger partial charge in [0.05, 0.1) is 19.6 Å². The van der Waals surface area contributed by atoms with Gasteiger partial charge in [-0.05, 0) is 46.9 Å². The Hall–Kier alpha value is -1.19. The van der Waals surface area contributed by atoms with Crippen LogP contribution in [0.5, 0.6) is 0 Å². The van der Waals surface area contributed by atoms with Gasteiger partial charge >= 0.3 is 0 Å². The molecule has 0 radical (unpaired) electrons. The number of nitrogens with one attached hydrogen (secondary N) is 1. The number of hydrogen-bond acceptors (Lipinski definition) is 4. The molecule has 1 aliphatic heterocycles. The lowest BCUT2D eigenvalue weighted by molar-refractivity contribution is -0.155. The Morgan fingerprint density at radius 2 is 2.16 bits per heavy atom. The zero-order valence-electron chi connectivity index (χ0n) is 10.1. The maximum Gasteiger partial charge on any atom is 0.266 e. The first-order chi connectivity index (χ1) is 9.06. The van der Waals surface area contributed by atoms with Crippen LogP contribution in [-0.4, -0.2) is 36.1 Å². The van der Waals surface area contributed by atoms with E-state index in [1.54, 1.807) is 12.1 Å².